The average Bonchev–Trinajstić information content (AvgIpc) is 2.59. The summed E-state index contributed by atoms with van der Waals surface area (Å²) >= 11 is 3.04. The fourth-order valence-electron chi connectivity index (χ4n) is 0.831. The van der Waals surface area contributed by atoms with E-state index in [2.05, 4.69) is 15.3 Å². The Morgan fingerprint density at radius 1 is 1.86 bits per heavy atom. The van der Waals surface area contributed by atoms with Crippen molar-refractivity contribution in [1.29, 1.82) is 5.26 Å². The van der Waals surface area contributed by atoms with Crippen LogP contribution in [0, 0.1) is 18.4 Å². The van der Waals surface area contributed by atoms with Crippen LogP contribution in [0.15, 0.2) is 11.2 Å². The molecule has 4 nitrogen and oxygen atoms in total. The van der Waals surface area contributed by atoms with E-state index < -0.39 is 0 Å². The predicted octanol–water partition coefficient (Wildman–Crippen LogP) is 1.74. The Kier molecular flexibility index (Phi) is 4.43. The van der Waals surface area contributed by atoms with Gasteiger partial charge >= 0.3 is 0 Å². The summed E-state index contributed by atoms with van der Waals surface area (Å²) in [5.74, 6) is 0. The van der Waals surface area contributed by atoms with Crippen LogP contribution in [-0.2, 0) is 6.54 Å². The fourth-order valence-corrected chi connectivity index (χ4v) is 1.89. The van der Waals surface area contributed by atoms with Crippen LogP contribution in [-0.4, -0.2) is 16.4 Å². The number of thioether (sulfide) groups is 1. The molecule has 0 aromatic carbocycles. The highest BCUT2D eigenvalue weighted by Crippen LogP contribution is 2.12. The third-order valence-electron chi connectivity index (χ3n) is 1.40. The van der Waals surface area contributed by atoms with Gasteiger partial charge < -0.3 is 0 Å². The first kappa shape index (κ1) is 11.0. The monoisotopic (exact) mass is 226 g/mol. The Balaban J connectivity index is 2.57. The minimum Gasteiger partial charge on any atom is -0.272 e. The topological polar surface area (TPSA) is 61.1 Å². The van der Waals surface area contributed by atoms with Crippen molar-refractivity contribution in [2.45, 2.75) is 13.5 Å². The number of aromatic nitrogens is 1. The number of aryl methyl sites for hydroxylation is 1. The largest absolute Gasteiger partial charge is 0.272 e. The standard InChI is InChI=1S/C8H10N4S2/c1-6-10-3-7(14-6)4-11-8(13-2)12-5-9/h3H,4H2,1-2H3,(H,11,12). The molecule has 1 N–H and O–H groups in total. The van der Waals surface area contributed by atoms with E-state index >= 15 is 0 Å². The third kappa shape index (κ3) is 3.36. The lowest BCUT2D eigenvalue weighted by Gasteiger charge is -1.97. The first-order valence-corrected chi connectivity index (χ1v) is 5.95. The second kappa shape index (κ2) is 5.62. The fraction of sp³-hybridized carbons (Fsp3) is 0.375. The molecule has 1 aromatic rings. The molecule has 0 atom stereocenters. The molecule has 0 unspecified atom stereocenters. The van der Waals surface area contributed by atoms with Crippen LogP contribution in [0.5, 0.6) is 0 Å². The summed E-state index contributed by atoms with van der Waals surface area (Å²) in [5, 5.41) is 12.6. The lowest BCUT2D eigenvalue weighted by atomic mass is 10.6. The maximum absolute atomic E-state index is 8.40. The van der Waals surface area contributed by atoms with E-state index in [4.69, 9.17) is 5.26 Å². The molecule has 0 amide bonds. The van der Waals surface area contributed by atoms with E-state index in [0.717, 1.165) is 9.88 Å². The lowest BCUT2D eigenvalue weighted by molar-refractivity contribution is 1.08. The smallest absolute Gasteiger partial charge is 0.183 e. The zero-order valence-electron chi connectivity index (χ0n) is 7.94. The van der Waals surface area contributed by atoms with Gasteiger partial charge in [0.05, 0.1) is 11.6 Å². The molecule has 0 radical (unpaired) electrons. The zero-order chi connectivity index (χ0) is 10.4. The maximum Gasteiger partial charge on any atom is 0.183 e. The van der Waals surface area contributed by atoms with Crippen LogP contribution in [0.2, 0.25) is 0 Å². The first-order valence-electron chi connectivity index (χ1n) is 3.91. The molecular formula is C8H10N4S2. The number of thiazole rings is 1. The van der Waals surface area contributed by atoms with Gasteiger partial charge in [-0.05, 0) is 13.2 Å². The van der Waals surface area contributed by atoms with Crippen molar-refractivity contribution in [3.05, 3.63) is 16.1 Å². The number of hydrogen-bond acceptors (Lipinski definition) is 5. The number of aliphatic imine (C=N–C) groups is 1. The van der Waals surface area contributed by atoms with Crippen molar-refractivity contribution >= 4 is 28.3 Å². The molecule has 0 saturated heterocycles. The van der Waals surface area contributed by atoms with Crippen molar-refractivity contribution < 1.29 is 0 Å². The lowest BCUT2D eigenvalue weighted by Crippen LogP contribution is -2.13. The van der Waals surface area contributed by atoms with E-state index in [0.29, 0.717) is 11.7 Å². The third-order valence-corrected chi connectivity index (χ3v) is 2.92. The van der Waals surface area contributed by atoms with Gasteiger partial charge in [0.15, 0.2) is 11.4 Å². The molecule has 0 fully saturated rings. The Bertz CT molecular complexity index is 364. The van der Waals surface area contributed by atoms with Gasteiger partial charge in [0.2, 0.25) is 0 Å². The Morgan fingerprint density at radius 3 is 3.14 bits per heavy atom. The molecular weight excluding hydrogens is 216 g/mol. The molecule has 0 aliphatic rings. The summed E-state index contributed by atoms with van der Waals surface area (Å²) in [6.45, 7) is 2.54. The quantitative estimate of drug-likeness (QED) is 0.361. The minimum atomic E-state index is 0.580. The van der Waals surface area contributed by atoms with E-state index in [9.17, 15) is 0 Å². The Labute approximate surface area is 91.1 Å². The molecule has 0 bridgehead atoms. The van der Waals surface area contributed by atoms with Gasteiger partial charge in [-0.3, -0.25) is 10.3 Å². The van der Waals surface area contributed by atoms with Gasteiger partial charge in [-0.25, -0.2) is 4.98 Å². The van der Waals surface area contributed by atoms with Gasteiger partial charge in [0.25, 0.3) is 0 Å². The number of rotatable bonds is 2. The van der Waals surface area contributed by atoms with Gasteiger partial charge in [-0.2, -0.15) is 5.26 Å². The SMILES string of the molecule is CSC(=NCc1cnc(C)s1)NC#N. The number of nitrogens with one attached hydrogen (secondary N) is 1. The number of hydrogen-bond donors (Lipinski definition) is 1. The summed E-state index contributed by atoms with van der Waals surface area (Å²) in [7, 11) is 0. The van der Waals surface area contributed by atoms with Gasteiger partial charge in [-0.15, -0.1) is 11.3 Å². The summed E-state index contributed by atoms with van der Waals surface area (Å²) in [5.41, 5.74) is 0. The van der Waals surface area contributed by atoms with Crippen LogP contribution < -0.4 is 5.32 Å². The average molecular weight is 226 g/mol. The van der Waals surface area contributed by atoms with Crippen molar-refractivity contribution in [2.75, 3.05) is 6.26 Å². The number of nitrogens with zero attached hydrogens (tertiary/aromatic N) is 3. The number of amidine groups is 1. The summed E-state index contributed by atoms with van der Waals surface area (Å²) in [6, 6.07) is 0. The van der Waals surface area contributed by atoms with E-state index in [1.807, 2.05) is 25.6 Å². The highest BCUT2D eigenvalue weighted by atomic mass is 32.2. The summed E-state index contributed by atoms with van der Waals surface area (Å²) < 4.78 is 0. The van der Waals surface area contributed by atoms with E-state index in [1.54, 1.807) is 11.3 Å². The van der Waals surface area contributed by atoms with Crippen LogP contribution >= 0.6 is 23.1 Å². The van der Waals surface area contributed by atoms with Gasteiger partial charge in [0, 0.05) is 11.1 Å². The minimum absolute atomic E-state index is 0.580. The second-order valence-corrected chi connectivity index (χ2v) is 4.52. The summed E-state index contributed by atoms with van der Waals surface area (Å²) in [4.78, 5) is 9.46. The highest BCUT2D eigenvalue weighted by molar-refractivity contribution is 8.13. The Morgan fingerprint density at radius 2 is 2.64 bits per heavy atom. The number of nitriles is 1. The zero-order valence-corrected chi connectivity index (χ0v) is 9.58. The predicted molar refractivity (Wildman–Crippen MR) is 60.3 cm³/mol. The Hall–Kier alpha value is -1.06. The van der Waals surface area contributed by atoms with Crippen molar-refractivity contribution in [3.63, 3.8) is 0 Å². The molecule has 0 spiro atoms. The highest BCUT2D eigenvalue weighted by Gasteiger charge is 1.98. The molecule has 1 aromatic heterocycles. The molecule has 0 saturated carbocycles. The molecule has 1 heterocycles. The van der Waals surface area contributed by atoms with Gasteiger partial charge in [0.1, 0.15) is 0 Å². The van der Waals surface area contributed by atoms with Crippen LogP contribution in [0.3, 0.4) is 0 Å². The van der Waals surface area contributed by atoms with Crippen LogP contribution in [0.25, 0.3) is 0 Å². The normalized spacial score (nSPS) is 11.1. The molecule has 0 aliphatic heterocycles. The van der Waals surface area contributed by atoms with Crippen molar-refractivity contribution in [2.24, 2.45) is 4.99 Å². The van der Waals surface area contributed by atoms with Gasteiger partial charge in [-0.1, -0.05) is 11.8 Å². The molecule has 6 heteroatoms. The first-order chi connectivity index (χ1) is 6.76. The molecule has 0 aliphatic carbocycles. The molecule has 74 valence electrons. The maximum atomic E-state index is 8.40. The van der Waals surface area contributed by atoms with Crippen LogP contribution in [0.1, 0.15) is 9.88 Å². The van der Waals surface area contributed by atoms with Crippen LogP contribution in [0.4, 0.5) is 0 Å². The van der Waals surface area contributed by atoms with E-state index in [1.165, 1.54) is 11.8 Å². The summed E-state index contributed by atoms with van der Waals surface area (Å²) in [6.07, 6.45) is 5.54. The van der Waals surface area contributed by atoms with Crippen molar-refractivity contribution in [1.82, 2.24) is 10.3 Å². The van der Waals surface area contributed by atoms with E-state index in [-0.39, 0.29) is 0 Å². The second-order valence-electron chi connectivity index (χ2n) is 2.41. The molecule has 14 heavy (non-hydrogen) atoms. The van der Waals surface area contributed by atoms with Crippen molar-refractivity contribution in [3.8, 4) is 6.19 Å². The molecule has 1 rings (SSSR count).